The highest BCUT2D eigenvalue weighted by Crippen LogP contribution is 2.25. The molecule has 0 bridgehead atoms. The molecule has 0 aromatic heterocycles. The first kappa shape index (κ1) is 15.9. The van der Waals surface area contributed by atoms with Crippen molar-refractivity contribution in [2.45, 2.75) is 32.1 Å². The molecule has 4 nitrogen and oxygen atoms in total. The van der Waals surface area contributed by atoms with Crippen LogP contribution in [0.5, 0.6) is 0 Å². The number of hydrogen-bond acceptors (Lipinski definition) is 3. The molecular weight excluding hydrogens is 286 g/mol. The molecule has 0 spiro atoms. The third-order valence-electron chi connectivity index (χ3n) is 3.65. The van der Waals surface area contributed by atoms with Gasteiger partial charge in [0.2, 0.25) is 10.0 Å². The summed E-state index contributed by atoms with van der Waals surface area (Å²) < 4.78 is 26.9. The summed E-state index contributed by atoms with van der Waals surface area (Å²) in [6.07, 6.45) is 5.52. The maximum Gasteiger partial charge on any atom is 0.232 e. The molecule has 0 amide bonds. The Hall–Kier alpha value is -1.51. The molecule has 2 N–H and O–H groups in total. The average Bonchev–Trinajstić information content (AvgIpc) is 2.47. The second-order valence-corrected chi connectivity index (χ2v) is 7.19. The topological polar surface area (TPSA) is 66.4 Å². The third-order valence-corrected chi connectivity index (χ3v) is 5.11. The molecule has 1 fully saturated rings. The van der Waals surface area contributed by atoms with Crippen molar-refractivity contribution in [3.8, 4) is 11.8 Å². The molecule has 114 valence electrons. The summed E-state index contributed by atoms with van der Waals surface area (Å²) in [6.45, 7) is -0.185. The highest BCUT2D eigenvalue weighted by molar-refractivity contribution is 7.92. The van der Waals surface area contributed by atoms with Gasteiger partial charge < -0.3 is 5.11 Å². The van der Waals surface area contributed by atoms with E-state index in [1.165, 1.54) is 6.42 Å². The summed E-state index contributed by atoms with van der Waals surface area (Å²) in [7, 11) is -3.29. The number of aliphatic hydroxyl groups excluding tert-OH is 1. The molecule has 2 rings (SSSR count). The van der Waals surface area contributed by atoms with Crippen LogP contribution in [0.25, 0.3) is 0 Å². The highest BCUT2D eigenvalue weighted by atomic mass is 32.2. The molecule has 0 radical (unpaired) electrons. The van der Waals surface area contributed by atoms with Crippen molar-refractivity contribution in [3.05, 3.63) is 29.8 Å². The fraction of sp³-hybridized carbons (Fsp3) is 0.500. The minimum absolute atomic E-state index is 0.185. The van der Waals surface area contributed by atoms with Crippen molar-refractivity contribution in [2.24, 2.45) is 5.92 Å². The number of benzene rings is 1. The van der Waals surface area contributed by atoms with Gasteiger partial charge in [-0.2, -0.15) is 0 Å². The zero-order valence-corrected chi connectivity index (χ0v) is 12.8. The molecule has 1 aliphatic carbocycles. The van der Waals surface area contributed by atoms with Gasteiger partial charge in [0.05, 0.1) is 5.75 Å². The zero-order valence-electron chi connectivity index (χ0n) is 12.0. The van der Waals surface area contributed by atoms with Gasteiger partial charge in [-0.05, 0) is 43.0 Å². The SMILES string of the molecule is O=S(=O)(CC1CCCCC1)Nc1ccc(C#CCO)cc1. The van der Waals surface area contributed by atoms with E-state index in [9.17, 15) is 8.42 Å². The van der Waals surface area contributed by atoms with Crippen LogP contribution in [0.4, 0.5) is 5.69 Å². The predicted octanol–water partition coefficient (Wildman–Crippen LogP) is 2.35. The number of anilines is 1. The van der Waals surface area contributed by atoms with Crippen LogP contribution in [0.1, 0.15) is 37.7 Å². The van der Waals surface area contributed by atoms with Crippen molar-refractivity contribution >= 4 is 15.7 Å². The lowest BCUT2D eigenvalue weighted by Gasteiger charge is -2.21. The molecule has 1 aromatic rings. The summed E-state index contributed by atoms with van der Waals surface area (Å²) in [6, 6.07) is 6.86. The molecule has 1 aliphatic rings. The summed E-state index contributed by atoms with van der Waals surface area (Å²) >= 11 is 0. The minimum Gasteiger partial charge on any atom is -0.384 e. The maximum atomic E-state index is 12.2. The fourth-order valence-electron chi connectivity index (χ4n) is 2.65. The maximum absolute atomic E-state index is 12.2. The Morgan fingerprint density at radius 3 is 2.43 bits per heavy atom. The number of hydrogen-bond donors (Lipinski definition) is 2. The Labute approximate surface area is 126 Å². The molecule has 0 atom stereocenters. The van der Waals surface area contributed by atoms with E-state index in [-0.39, 0.29) is 18.3 Å². The second kappa shape index (κ2) is 7.48. The lowest BCUT2D eigenvalue weighted by molar-refractivity contribution is 0.350. The van der Waals surface area contributed by atoms with Crippen molar-refractivity contribution in [1.82, 2.24) is 0 Å². The number of rotatable bonds is 4. The third kappa shape index (κ3) is 5.41. The van der Waals surface area contributed by atoms with Gasteiger partial charge in [0.1, 0.15) is 6.61 Å². The Kier molecular flexibility index (Phi) is 5.66. The molecular formula is C16H21NO3S. The minimum atomic E-state index is -3.29. The summed E-state index contributed by atoms with van der Waals surface area (Å²) in [5.74, 6) is 5.82. The van der Waals surface area contributed by atoms with Crippen LogP contribution in [0, 0.1) is 17.8 Å². The summed E-state index contributed by atoms with van der Waals surface area (Å²) in [5.41, 5.74) is 1.31. The van der Waals surface area contributed by atoms with Gasteiger partial charge in [0, 0.05) is 11.3 Å². The van der Waals surface area contributed by atoms with Crippen LogP contribution in [0.15, 0.2) is 24.3 Å². The van der Waals surface area contributed by atoms with E-state index in [1.807, 2.05) is 0 Å². The van der Waals surface area contributed by atoms with Crippen LogP contribution in [-0.2, 0) is 10.0 Å². The summed E-state index contributed by atoms with van der Waals surface area (Å²) in [5, 5.41) is 8.63. The lowest BCUT2D eigenvalue weighted by Crippen LogP contribution is -2.24. The number of sulfonamides is 1. The monoisotopic (exact) mass is 307 g/mol. The van der Waals surface area contributed by atoms with Crippen LogP contribution in [0.2, 0.25) is 0 Å². The highest BCUT2D eigenvalue weighted by Gasteiger charge is 2.21. The largest absolute Gasteiger partial charge is 0.384 e. The van der Waals surface area contributed by atoms with Gasteiger partial charge >= 0.3 is 0 Å². The Morgan fingerprint density at radius 1 is 1.14 bits per heavy atom. The van der Waals surface area contributed by atoms with Crippen molar-refractivity contribution < 1.29 is 13.5 Å². The van der Waals surface area contributed by atoms with Gasteiger partial charge in [-0.3, -0.25) is 4.72 Å². The molecule has 5 heteroatoms. The molecule has 0 heterocycles. The Morgan fingerprint density at radius 2 is 1.81 bits per heavy atom. The Bertz CT molecular complexity index is 605. The van der Waals surface area contributed by atoms with Gasteiger partial charge in [-0.25, -0.2) is 8.42 Å². The summed E-state index contributed by atoms with van der Waals surface area (Å²) in [4.78, 5) is 0. The van der Waals surface area contributed by atoms with Gasteiger partial charge in [-0.15, -0.1) is 0 Å². The van der Waals surface area contributed by atoms with E-state index in [0.29, 0.717) is 5.69 Å². The van der Waals surface area contributed by atoms with Crippen molar-refractivity contribution in [2.75, 3.05) is 17.1 Å². The normalized spacial score (nSPS) is 16.0. The van der Waals surface area contributed by atoms with Crippen LogP contribution < -0.4 is 4.72 Å². The van der Waals surface area contributed by atoms with Crippen LogP contribution in [-0.4, -0.2) is 25.9 Å². The number of nitrogens with one attached hydrogen (secondary N) is 1. The molecule has 1 saturated carbocycles. The van der Waals surface area contributed by atoms with E-state index in [1.54, 1.807) is 24.3 Å². The zero-order chi connectivity index (χ0) is 15.1. The standard InChI is InChI=1S/C16H21NO3S/c18-12-4-7-14-8-10-16(11-9-14)17-21(19,20)13-15-5-2-1-3-6-15/h8-11,15,17-18H,1-3,5-6,12-13H2. The van der Waals surface area contributed by atoms with Gasteiger partial charge in [-0.1, -0.05) is 31.1 Å². The first-order valence-corrected chi connectivity index (χ1v) is 8.94. The fourth-order valence-corrected chi connectivity index (χ4v) is 4.18. The van der Waals surface area contributed by atoms with Crippen LogP contribution >= 0.6 is 0 Å². The average molecular weight is 307 g/mol. The second-order valence-electron chi connectivity index (χ2n) is 5.42. The van der Waals surface area contributed by atoms with Gasteiger partial charge in [0.15, 0.2) is 0 Å². The van der Waals surface area contributed by atoms with E-state index in [0.717, 1.165) is 31.2 Å². The van der Waals surface area contributed by atoms with Crippen LogP contribution in [0.3, 0.4) is 0 Å². The van der Waals surface area contributed by atoms with E-state index in [4.69, 9.17) is 5.11 Å². The lowest BCUT2D eigenvalue weighted by atomic mass is 9.91. The predicted molar refractivity (Wildman–Crippen MR) is 84.4 cm³/mol. The molecule has 1 aromatic carbocycles. The van der Waals surface area contributed by atoms with E-state index < -0.39 is 10.0 Å². The quantitative estimate of drug-likeness (QED) is 0.839. The number of aliphatic hydroxyl groups is 1. The van der Waals surface area contributed by atoms with E-state index in [2.05, 4.69) is 16.6 Å². The smallest absolute Gasteiger partial charge is 0.232 e. The van der Waals surface area contributed by atoms with Crippen molar-refractivity contribution in [3.63, 3.8) is 0 Å². The molecule has 21 heavy (non-hydrogen) atoms. The molecule has 0 unspecified atom stereocenters. The van der Waals surface area contributed by atoms with Gasteiger partial charge in [0.25, 0.3) is 0 Å². The first-order chi connectivity index (χ1) is 10.1. The molecule has 0 aliphatic heterocycles. The Balaban J connectivity index is 1.95. The van der Waals surface area contributed by atoms with Crippen molar-refractivity contribution in [1.29, 1.82) is 0 Å². The van der Waals surface area contributed by atoms with E-state index >= 15 is 0 Å². The first-order valence-electron chi connectivity index (χ1n) is 7.29. The molecule has 0 saturated heterocycles.